The fraction of sp³-hybridized carbons (Fsp3) is 0.647. The van der Waals surface area contributed by atoms with E-state index in [1.165, 1.54) is 18.4 Å². The number of hydrogen-bond donors (Lipinski definition) is 1. The quantitative estimate of drug-likeness (QED) is 0.893. The van der Waals surface area contributed by atoms with Crippen molar-refractivity contribution in [2.75, 3.05) is 13.1 Å². The average molecular weight is 261 g/mol. The van der Waals surface area contributed by atoms with Crippen LogP contribution in [0.4, 0.5) is 0 Å². The molecule has 0 aromatic heterocycles. The molecule has 2 nitrogen and oxygen atoms in total. The summed E-state index contributed by atoms with van der Waals surface area (Å²) in [5, 5.41) is 10.7. The molecule has 106 valence electrons. The van der Waals surface area contributed by atoms with E-state index in [2.05, 4.69) is 56.9 Å². The summed E-state index contributed by atoms with van der Waals surface area (Å²) < 4.78 is 0. The molecular formula is C17H27NO. The van der Waals surface area contributed by atoms with E-state index in [-0.39, 0.29) is 5.54 Å². The minimum atomic E-state index is -0.424. The Hall–Kier alpha value is -0.860. The van der Waals surface area contributed by atoms with Gasteiger partial charge in [-0.1, -0.05) is 38.1 Å². The Kier molecular flexibility index (Phi) is 4.32. The molecule has 1 aromatic rings. The number of hydrogen-bond acceptors (Lipinski definition) is 2. The van der Waals surface area contributed by atoms with E-state index >= 15 is 0 Å². The van der Waals surface area contributed by atoms with E-state index < -0.39 is 6.10 Å². The highest BCUT2D eigenvalue weighted by molar-refractivity contribution is 5.27. The van der Waals surface area contributed by atoms with Crippen LogP contribution in [0.2, 0.25) is 0 Å². The number of aliphatic hydroxyl groups is 1. The van der Waals surface area contributed by atoms with Crippen molar-refractivity contribution >= 4 is 0 Å². The van der Waals surface area contributed by atoms with Crippen LogP contribution in [0.5, 0.6) is 0 Å². The van der Waals surface area contributed by atoms with Crippen LogP contribution in [0.25, 0.3) is 0 Å². The molecule has 0 radical (unpaired) electrons. The molecular weight excluding hydrogens is 234 g/mol. The molecule has 0 bridgehead atoms. The van der Waals surface area contributed by atoms with Crippen LogP contribution in [-0.2, 0) is 0 Å². The largest absolute Gasteiger partial charge is 0.386 e. The minimum absolute atomic E-state index is 0.185. The zero-order valence-electron chi connectivity index (χ0n) is 12.7. The normalized spacial score (nSPS) is 19.1. The highest BCUT2D eigenvalue weighted by Crippen LogP contribution is 2.33. The lowest BCUT2D eigenvalue weighted by Gasteiger charge is -2.39. The summed E-state index contributed by atoms with van der Waals surface area (Å²) in [4.78, 5) is 2.41. The van der Waals surface area contributed by atoms with Crippen LogP contribution in [0.15, 0.2) is 24.3 Å². The van der Waals surface area contributed by atoms with Crippen molar-refractivity contribution in [2.24, 2.45) is 0 Å². The maximum Gasteiger partial charge on any atom is 0.0968 e. The summed E-state index contributed by atoms with van der Waals surface area (Å²) in [5.41, 5.74) is 2.17. The van der Waals surface area contributed by atoms with Gasteiger partial charge in [-0.3, -0.25) is 4.90 Å². The predicted molar refractivity (Wildman–Crippen MR) is 80.4 cm³/mol. The molecule has 0 aliphatic carbocycles. The Morgan fingerprint density at radius 1 is 1.00 bits per heavy atom. The van der Waals surface area contributed by atoms with Crippen LogP contribution in [0.3, 0.4) is 0 Å². The first-order chi connectivity index (χ1) is 8.93. The van der Waals surface area contributed by atoms with Crippen LogP contribution < -0.4 is 0 Å². The highest BCUT2D eigenvalue weighted by atomic mass is 16.3. The minimum Gasteiger partial charge on any atom is -0.386 e. The van der Waals surface area contributed by atoms with Gasteiger partial charge >= 0.3 is 0 Å². The number of nitrogens with zero attached hydrogens (tertiary/aromatic N) is 1. The molecule has 1 fully saturated rings. The van der Waals surface area contributed by atoms with E-state index in [9.17, 15) is 5.11 Å². The lowest BCUT2D eigenvalue weighted by Crippen LogP contribution is -2.46. The van der Waals surface area contributed by atoms with E-state index in [4.69, 9.17) is 0 Å². The molecule has 1 aliphatic rings. The number of benzene rings is 1. The maximum atomic E-state index is 10.7. The van der Waals surface area contributed by atoms with Gasteiger partial charge in [-0.05, 0) is 56.8 Å². The smallest absolute Gasteiger partial charge is 0.0968 e. The van der Waals surface area contributed by atoms with Crippen molar-refractivity contribution in [3.05, 3.63) is 35.4 Å². The van der Waals surface area contributed by atoms with Crippen molar-refractivity contribution in [3.8, 4) is 0 Å². The van der Waals surface area contributed by atoms with E-state index in [0.29, 0.717) is 5.92 Å². The van der Waals surface area contributed by atoms with Crippen LogP contribution in [0, 0.1) is 0 Å². The summed E-state index contributed by atoms with van der Waals surface area (Å²) in [6, 6.07) is 8.45. The van der Waals surface area contributed by atoms with Crippen LogP contribution in [-0.4, -0.2) is 28.6 Å². The molecule has 2 rings (SSSR count). The van der Waals surface area contributed by atoms with Crippen LogP contribution in [0.1, 0.15) is 63.7 Å². The summed E-state index contributed by atoms with van der Waals surface area (Å²) in [6.07, 6.45) is 2.08. The second kappa shape index (κ2) is 5.64. The third kappa shape index (κ3) is 3.01. The zero-order chi connectivity index (χ0) is 14.0. The Morgan fingerprint density at radius 2 is 1.47 bits per heavy atom. The van der Waals surface area contributed by atoms with E-state index in [0.717, 1.165) is 18.7 Å². The molecule has 0 saturated carbocycles. The van der Waals surface area contributed by atoms with Crippen molar-refractivity contribution in [1.82, 2.24) is 4.90 Å². The lowest BCUT2D eigenvalue weighted by atomic mass is 9.88. The van der Waals surface area contributed by atoms with Crippen molar-refractivity contribution < 1.29 is 5.11 Å². The second-order valence-electron chi connectivity index (χ2n) is 6.57. The van der Waals surface area contributed by atoms with Crippen LogP contribution >= 0.6 is 0 Å². The first-order valence-corrected chi connectivity index (χ1v) is 7.46. The summed E-state index contributed by atoms with van der Waals surface area (Å²) in [6.45, 7) is 10.9. The van der Waals surface area contributed by atoms with Crippen molar-refractivity contribution in [2.45, 2.75) is 58.1 Å². The SMILES string of the molecule is CC(C)c1ccc(C(O)C(C)(C)N2CCCC2)cc1. The van der Waals surface area contributed by atoms with E-state index in [1.807, 2.05) is 0 Å². The van der Waals surface area contributed by atoms with Gasteiger partial charge in [0, 0.05) is 5.54 Å². The number of rotatable bonds is 4. The Bertz CT molecular complexity index is 402. The molecule has 0 spiro atoms. The molecule has 1 N–H and O–H groups in total. The summed E-state index contributed by atoms with van der Waals surface area (Å²) in [5.74, 6) is 0.540. The van der Waals surface area contributed by atoms with E-state index in [1.54, 1.807) is 0 Å². The molecule has 2 heteroatoms. The molecule has 1 aliphatic heterocycles. The zero-order valence-corrected chi connectivity index (χ0v) is 12.7. The molecule has 19 heavy (non-hydrogen) atoms. The molecule has 1 saturated heterocycles. The third-order valence-corrected chi connectivity index (χ3v) is 4.51. The lowest BCUT2D eigenvalue weighted by molar-refractivity contribution is 0.00132. The molecule has 1 unspecified atom stereocenters. The first-order valence-electron chi connectivity index (χ1n) is 7.46. The van der Waals surface area contributed by atoms with Gasteiger partial charge in [-0.2, -0.15) is 0 Å². The maximum absolute atomic E-state index is 10.7. The summed E-state index contributed by atoms with van der Waals surface area (Å²) in [7, 11) is 0. The number of likely N-dealkylation sites (tertiary alicyclic amines) is 1. The van der Waals surface area contributed by atoms with Gasteiger partial charge in [0.15, 0.2) is 0 Å². The molecule has 1 aromatic carbocycles. The molecule has 1 atom stereocenters. The van der Waals surface area contributed by atoms with Gasteiger partial charge in [0.05, 0.1) is 6.10 Å². The number of aliphatic hydroxyl groups excluding tert-OH is 1. The van der Waals surface area contributed by atoms with Gasteiger partial charge in [-0.25, -0.2) is 0 Å². The monoisotopic (exact) mass is 261 g/mol. The van der Waals surface area contributed by atoms with Gasteiger partial charge in [0.2, 0.25) is 0 Å². The first kappa shape index (κ1) is 14.5. The van der Waals surface area contributed by atoms with Gasteiger partial charge in [-0.15, -0.1) is 0 Å². The predicted octanol–water partition coefficient (Wildman–Crippen LogP) is 3.72. The highest BCUT2D eigenvalue weighted by Gasteiger charge is 2.36. The fourth-order valence-electron chi connectivity index (χ4n) is 2.94. The van der Waals surface area contributed by atoms with Gasteiger partial charge < -0.3 is 5.11 Å². The Morgan fingerprint density at radius 3 is 1.95 bits per heavy atom. The Balaban J connectivity index is 2.15. The second-order valence-corrected chi connectivity index (χ2v) is 6.57. The Labute approximate surface area is 117 Å². The summed E-state index contributed by atoms with van der Waals surface area (Å²) >= 11 is 0. The van der Waals surface area contributed by atoms with Crippen molar-refractivity contribution in [1.29, 1.82) is 0 Å². The molecule has 0 amide bonds. The standard InChI is InChI=1S/C17H27NO/c1-13(2)14-7-9-15(10-8-14)16(19)17(3,4)18-11-5-6-12-18/h7-10,13,16,19H,5-6,11-12H2,1-4H3. The molecule has 1 heterocycles. The fourth-order valence-corrected chi connectivity index (χ4v) is 2.94. The van der Waals surface area contributed by atoms with Gasteiger partial charge in [0.25, 0.3) is 0 Å². The topological polar surface area (TPSA) is 23.5 Å². The van der Waals surface area contributed by atoms with Gasteiger partial charge in [0.1, 0.15) is 0 Å². The third-order valence-electron chi connectivity index (χ3n) is 4.51. The average Bonchev–Trinajstić information content (AvgIpc) is 2.92. The van der Waals surface area contributed by atoms with Crippen molar-refractivity contribution in [3.63, 3.8) is 0 Å².